The Morgan fingerprint density at radius 3 is 2.36 bits per heavy atom. The zero-order valence-electron chi connectivity index (χ0n) is 19.6. The molecule has 0 heterocycles. The Morgan fingerprint density at radius 1 is 1.09 bits per heavy atom. The first-order chi connectivity index (χ1) is 15.7. The van der Waals surface area contributed by atoms with Crippen molar-refractivity contribution in [3.05, 3.63) is 59.7 Å². The predicted octanol–water partition coefficient (Wildman–Crippen LogP) is 3.95. The minimum absolute atomic E-state index is 0.128. The van der Waals surface area contributed by atoms with Gasteiger partial charge in [-0.25, -0.2) is 0 Å². The fourth-order valence-electron chi connectivity index (χ4n) is 2.89. The minimum atomic E-state index is -0.650. The van der Waals surface area contributed by atoms with Crippen molar-refractivity contribution < 1.29 is 28.6 Å². The Hall–Kier alpha value is -3.00. The number of ether oxygens (including phenoxy) is 3. The molecule has 0 radical (unpaired) electrons. The van der Waals surface area contributed by atoms with E-state index < -0.39 is 11.5 Å². The molecule has 0 saturated carbocycles. The van der Waals surface area contributed by atoms with Crippen LogP contribution in [-0.2, 0) is 25.5 Å². The molecule has 178 valence electrons. The Bertz CT molecular complexity index is 939. The summed E-state index contributed by atoms with van der Waals surface area (Å²) >= 11 is 1.38. The smallest absolute Gasteiger partial charge is 0.311 e. The third-order valence-corrected chi connectivity index (χ3v) is 5.80. The first kappa shape index (κ1) is 26.3. The lowest BCUT2D eigenvalue weighted by molar-refractivity contribution is -0.160. The second-order valence-corrected chi connectivity index (χ2v) is 9.47. The van der Waals surface area contributed by atoms with E-state index in [2.05, 4.69) is 5.32 Å². The molecule has 0 aliphatic carbocycles. The van der Waals surface area contributed by atoms with E-state index in [4.69, 9.17) is 14.2 Å². The molecule has 0 spiro atoms. The third kappa shape index (κ3) is 8.13. The summed E-state index contributed by atoms with van der Waals surface area (Å²) in [7, 11) is 1.58. The number of carbonyl (C=O) groups is 3. The summed E-state index contributed by atoms with van der Waals surface area (Å²) in [4.78, 5) is 35.0. The summed E-state index contributed by atoms with van der Waals surface area (Å²) in [5.74, 6) is 0.623. The van der Waals surface area contributed by atoms with Gasteiger partial charge in [0.15, 0.2) is 6.10 Å². The van der Waals surface area contributed by atoms with Crippen LogP contribution in [-0.4, -0.2) is 43.5 Å². The number of thioether (sulfide) groups is 1. The summed E-state index contributed by atoms with van der Waals surface area (Å²) in [6.07, 6.45) is 2.09. The highest BCUT2D eigenvalue weighted by atomic mass is 32.2. The maximum absolute atomic E-state index is 12.5. The van der Waals surface area contributed by atoms with E-state index in [1.165, 1.54) is 11.8 Å². The molecule has 2 aromatic carbocycles. The number of methoxy groups -OCH3 is 1. The molecule has 7 nitrogen and oxygen atoms in total. The van der Waals surface area contributed by atoms with Crippen molar-refractivity contribution in [2.45, 2.75) is 38.5 Å². The Morgan fingerprint density at radius 2 is 1.79 bits per heavy atom. The number of benzene rings is 2. The van der Waals surface area contributed by atoms with Gasteiger partial charge < -0.3 is 14.2 Å². The maximum atomic E-state index is 12.5. The maximum Gasteiger partial charge on any atom is 0.311 e. The van der Waals surface area contributed by atoms with Gasteiger partial charge in [0.25, 0.3) is 0 Å². The van der Waals surface area contributed by atoms with Gasteiger partial charge in [-0.2, -0.15) is 11.8 Å². The fraction of sp³-hybridized carbons (Fsp3) is 0.400. The number of rotatable bonds is 11. The molecule has 2 aromatic rings. The van der Waals surface area contributed by atoms with Crippen molar-refractivity contribution in [2.75, 3.05) is 20.0 Å². The monoisotopic (exact) mass is 473 g/mol. The molecule has 8 heteroatoms. The molecule has 0 fully saturated rings. The topological polar surface area (TPSA) is 90.9 Å². The lowest BCUT2D eigenvalue weighted by Crippen LogP contribution is -2.32. The lowest BCUT2D eigenvalue weighted by Gasteiger charge is -2.24. The summed E-state index contributed by atoms with van der Waals surface area (Å²) in [6.45, 7) is 5.53. The van der Waals surface area contributed by atoms with E-state index in [1.54, 1.807) is 40.0 Å². The van der Waals surface area contributed by atoms with Gasteiger partial charge in [0, 0.05) is 0 Å². The van der Waals surface area contributed by atoms with Crippen LogP contribution in [0.2, 0.25) is 0 Å². The molecule has 0 bridgehead atoms. The molecule has 33 heavy (non-hydrogen) atoms. The van der Waals surface area contributed by atoms with Crippen LogP contribution >= 0.6 is 11.8 Å². The normalized spacial score (nSPS) is 12.9. The van der Waals surface area contributed by atoms with Crippen LogP contribution in [0.3, 0.4) is 0 Å². The third-order valence-electron chi connectivity index (χ3n) is 4.85. The fourth-order valence-corrected chi connectivity index (χ4v) is 3.53. The van der Waals surface area contributed by atoms with Gasteiger partial charge in [0.2, 0.25) is 12.3 Å². The molecule has 0 saturated heterocycles. The Labute approximate surface area is 199 Å². The molecular formula is C25H31NO6S. The van der Waals surface area contributed by atoms with Gasteiger partial charge in [0.1, 0.15) is 18.1 Å². The van der Waals surface area contributed by atoms with Gasteiger partial charge in [-0.1, -0.05) is 24.3 Å². The average molecular weight is 474 g/mol. The van der Waals surface area contributed by atoms with Crippen LogP contribution in [0.1, 0.15) is 38.0 Å². The highest BCUT2D eigenvalue weighted by Crippen LogP contribution is 2.27. The van der Waals surface area contributed by atoms with E-state index in [-0.39, 0.29) is 23.7 Å². The highest BCUT2D eigenvalue weighted by molar-refractivity contribution is 7.99. The van der Waals surface area contributed by atoms with Crippen molar-refractivity contribution in [3.8, 4) is 11.5 Å². The molecule has 0 aliphatic rings. The molecular weight excluding hydrogens is 442 g/mol. The van der Waals surface area contributed by atoms with E-state index in [1.807, 2.05) is 42.7 Å². The first-order valence-electron chi connectivity index (χ1n) is 10.5. The molecule has 0 aliphatic heterocycles. The van der Waals surface area contributed by atoms with E-state index in [0.29, 0.717) is 24.3 Å². The molecule has 0 aromatic heterocycles. The van der Waals surface area contributed by atoms with Crippen LogP contribution in [0.15, 0.2) is 48.5 Å². The summed E-state index contributed by atoms with van der Waals surface area (Å²) in [5, 5.41) is 1.83. The van der Waals surface area contributed by atoms with Gasteiger partial charge in [-0.15, -0.1) is 0 Å². The van der Waals surface area contributed by atoms with Gasteiger partial charge in [-0.05, 0) is 68.8 Å². The number of nitrogens with one attached hydrogen (secondary N) is 1. The number of esters is 1. The number of hydrogen-bond donors (Lipinski definition) is 1. The van der Waals surface area contributed by atoms with Crippen LogP contribution in [0.5, 0.6) is 11.5 Å². The molecule has 2 atom stereocenters. The average Bonchev–Trinajstić information content (AvgIpc) is 2.80. The van der Waals surface area contributed by atoms with Gasteiger partial charge in [0.05, 0.1) is 17.8 Å². The van der Waals surface area contributed by atoms with E-state index >= 15 is 0 Å². The first-order valence-corrected chi connectivity index (χ1v) is 11.8. The summed E-state index contributed by atoms with van der Waals surface area (Å²) in [6, 6.07) is 14.7. The molecule has 2 unspecified atom stereocenters. The van der Waals surface area contributed by atoms with E-state index in [0.717, 1.165) is 11.1 Å². The lowest BCUT2D eigenvalue weighted by atomic mass is 9.97. The minimum Gasteiger partial charge on any atom is -0.497 e. The second-order valence-electron chi connectivity index (χ2n) is 8.43. The van der Waals surface area contributed by atoms with Crippen molar-refractivity contribution in [1.82, 2.24) is 5.32 Å². The highest BCUT2D eigenvalue weighted by Gasteiger charge is 2.28. The number of imide groups is 1. The second kappa shape index (κ2) is 12.3. The number of amides is 2. The van der Waals surface area contributed by atoms with E-state index in [9.17, 15) is 14.4 Å². The van der Waals surface area contributed by atoms with Gasteiger partial charge in [-0.3, -0.25) is 19.7 Å². The zero-order valence-corrected chi connectivity index (χ0v) is 20.4. The summed E-state index contributed by atoms with van der Waals surface area (Å²) in [5.41, 5.74) is 1.06. The standard InChI is InChI=1S/C25H31NO6S/c1-25(2,3)24(29)32-21(18-7-6-8-20(14-18)30-4)15-31-19-11-9-17(10-12-19)13-22(33-5)23(28)26-16-27/h6-12,14,16,21-22H,13,15H2,1-5H3,(H,26,27,28). The summed E-state index contributed by atoms with van der Waals surface area (Å²) < 4.78 is 17.0. The van der Waals surface area contributed by atoms with Crippen molar-refractivity contribution in [3.63, 3.8) is 0 Å². The van der Waals surface area contributed by atoms with Crippen molar-refractivity contribution in [2.24, 2.45) is 5.41 Å². The van der Waals surface area contributed by atoms with Crippen molar-refractivity contribution in [1.29, 1.82) is 0 Å². The SMILES string of the molecule is COc1cccc(C(COc2ccc(CC(SC)C(=O)NC=O)cc2)OC(=O)C(C)(C)C)c1. The van der Waals surface area contributed by atoms with Crippen LogP contribution in [0.4, 0.5) is 0 Å². The Balaban J connectivity index is 2.10. The quantitative estimate of drug-likeness (QED) is 0.390. The van der Waals surface area contributed by atoms with Crippen LogP contribution in [0, 0.1) is 5.41 Å². The molecule has 1 N–H and O–H groups in total. The zero-order chi connectivity index (χ0) is 24.4. The molecule has 2 rings (SSSR count). The van der Waals surface area contributed by atoms with Crippen molar-refractivity contribution >= 4 is 30.0 Å². The number of carbonyl (C=O) groups excluding carboxylic acids is 3. The number of hydrogen-bond acceptors (Lipinski definition) is 7. The largest absolute Gasteiger partial charge is 0.497 e. The Kier molecular flexibility index (Phi) is 9.78. The molecule has 2 amide bonds. The van der Waals surface area contributed by atoms with Crippen LogP contribution < -0.4 is 14.8 Å². The predicted molar refractivity (Wildman–Crippen MR) is 128 cm³/mol. The van der Waals surface area contributed by atoms with Crippen LogP contribution in [0.25, 0.3) is 0 Å². The van der Waals surface area contributed by atoms with Gasteiger partial charge >= 0.3 is 5.97 Å².